The average molecular weight is 275 g/mol. The van der Waals surface area contributed by atoms with Crippen molar-refractivity contribution in [2.24, 2.45) is 0 Å². The van der Waals surface area contributed by atoms with Crippen LogP contribution in [0.15, 0.2) is 60.7 Å². The van der Waals surface area contributed by atoms with Crippen molar-refractivity contribution in [2.45, 2.75) is 19.8 Å². The maximum absolute atomic E-state index is 12.4. The molecule has 0 fully saturated rings. The lowest BCUT2D eigenvalue weighted by molar-refractivity contribution is 0.0978. The maximum Gasteiger partial charge on any atom is 0.181 e. The molecule has 0 spiro atoms. The standard InChI is InChI=1S/C19H17NO/c1-14-13-18(20-17-10-6-5-9-16(14)17)19(21)12-11-15-7-3-2-4-8-15/h2-10,13H,11-12H2,1H3. The minimum absolute atomic E-state index is 0.104. The van der Waals surface area contributed by atoms with Gasteiger partial charge in [-0.25, -0.2) is 4.98 Å². The molecule has 1 heterocycles. The quantitative estimate of drug-likeness (QED) is 0.662. The molecule has 0 atom stereocenters. The van der Waals surface area contributed by atoms with Gasteiger partial charge in [0.1, 0.15) is 5.69 Å². The van der Waals surface area contributed by atoms with E-state index in [2.05, 4.69) is 4.98 Å². The summed E-state index contributed by atoms with van der Waals surface area (Å²) in [5.74, 6) is 0.104. The van der Waals surface area contributed by atoms with Gasteiger partial charge in [-0.3, -0.25) is 4.79 Å². The van der Waals surface area contributed by atoms with Crippen LogP contribution in [0.1, 0.15) is 28.0 Å². The number of aryl methyl sites for hydroxylation is 2. The molecule has 0 aliphatic carbocycles. The van der Waals surface area contributed by atoms with E-state index in [4.69, 9.17) is 0 Å². The summed E-state index contributed by atoms with van der Waals surface area (Å²) < 4.78 is 0. The lowest BCUT2D eigenvalue weighted by Gasteiger charge is -2.06. The Kier molecular flexibility index (Phi) is 3.78. The topological polar surface area (TPSA) is 30.0 Å². The third-order valence-corrected chi connectivity index (χ3v) is 3.69. The van der Waals surface area contributed by atoms with Gasteiger partial charge in [-0.2, -0.15) is 0 Å². The van der Waals surface area contributed by atoms with Crippen molar-refractivity contribution < 1.29 is 4.79 Å². The summed E-state index contributed by atoms with van der Waals surface area (Å²) in [5, 5.41) is 1.11. The highest BCUT2D eigenvalue weighted by Crippen LogP contribution is 2.18. The highest BCUT2D eigenvalue weighted by Gasteiger charge is 2.10. The van der Waals surface area contributed by atoms with Crippen LogP contribution in [0.3, 0.4) is 0 Å². The van der Waals surface area contributed by atoms with Gasteiger partial charge in [0.25, 0.3) is 0 Å². The van der Waals surface area contributed by atoms with E-state index in [1.807, 2.05) is 67.6 Å². The van der Waals surface area contributed by atoms with Gasteiger partial charge in [-0.15, -0.1) is 0 Å². The summed E-state index contributed by atoms with van der Waals surface area (Å²) >= 11 is 0. The fourth-order valence-corrected chi connectivity index (χ4v) is 2.52. The lowest BCUT2D eigenvalue weighted by Crippen LogP contribution is -2.05. The van der Waals surface area contributed by atoms with Crippen LogP contribution in [0.4, 0.5) is 0 Å². The number of fused-ring (bicyclic) bond motifs is 1. The number of rotatable bonds is 4. The molecule has 0 bridgehead atoms. The molecule has 0 amide bonds. The highest BCUT2D eigenvalue weighted by molar-refractivity contribution is 5.97. The molecular weight excluding hydrogens is 258 g/mol. The van der Waals surface area contributed by atoms with Gasteiger partial charge >= 0.3 is 0 Å². The Morgan fingerprint density at radius 3 is 2.52 bits per heavy atom. The van der Waals surface area contributed by atoms with Gasteiger partial charge in [0, 0.05) is 11.8 Å². The van der Waals surface area contributed by atoms with E-state index in [9.17, 15) is 4.79 Å². The Morgan fingerprint density at radius 1 is 1.00 bits per heavy atom. The van der Waals surface area contributed by atoms with Gasteiger partial charge in [-0.1, -0.05) is 48.5 Å². The van der Waals surface area contributed by atoms with E-state index in [-0.39, 0.29) is 5.78 Å². The van der Waals surface area contributed by atoms with Gasteiger partial charge in [-0.05, 0) is 36.6 Å². The van der Waals surface area contributed by atoms with E-state index in [1.54, 1.807) is 0 Å². The van der Waals surface area contributed by atoms with Crippen LogP contribution in [0.5, 0.6) is 0 Å². The van der Waals surface area contributed by atoms with Crippen LogP contribution < -0.4 is 0 Å². The van der Waals surface area contributed by atoms with Crippen molar-refractivity contribution in [1.29, 1.82) is 0 Å². The van der Waals surface area contributed by atoms with Gasteiger partial charge in [0.05, 0.1) is 5.52 Å². The Balaban J connectivity index is 1.81. The molecule has 2 aromatic carbocycles. The zero-order valence-electron chi connectivity index (χ0n) is 12.0. The molecule has 0 aliphatic rings. The first-order chi connectivity index (χ1) is 10.2. The number of carbonyl (C=O) groups excluding carboxylic acids is 1. The second-order valence-electron chi connectivity index (χ2n) is 5.25. The van der Waals surface area contributed by atoms with Crippen molar-refractivity contribution in [2.75, 3.05) is 0 Å². The number of ketones is 1. The molecule has 2 heteroatoms. The zero-order valence-corrected chi connectivity index (χ0v) is 12.0. The Labute approximate surface area is 124 Å². The van der Waals surface area contributed by atoms with Crippen LogP contribution in [0, 0.1) is 6.92 Å². The molecule has 0 saturated heterocycles. The largest absolute Gasteiger partial charge is 0.292 e. The SMILES string of the molecule is Cc1cc(C(=O)CCc2ccccc2)nc2ccccc12. The fraction of sp³-hybridized carbons (Fsp3) is 0.158. The minimum Gasteiger partial charge on any atom is -0.292 e. The van der Waals surface area contributed by atoms with Gasteiger partial charge in [0.2, 0.25) is 0 Å². The summed E-state index contributed by atoms with van der Waals surface area (Å²) in [6, 6.07) is 19.9. The second kappa shape index (κ2) is 5.88. The molecule has 0 N–H and O–H groups in total. The van der Waals surface area contributed by atoms with E-state index >= 15 is 0 Å². The Morgan fingerprint density at radius 2 is 1.71 bits per heavy atom. The van der Waals surface area contributed by atoms with Crippen molar-refractivity contribution in [3.05, 3.63) is 77.5 Å². The first-order valence-electron chi connectivity index (χ1n) is 7.17. The smallest absolute Gasteiger partial charge is 0.181 e. The molecule has 3 rings (SSSR count). The first kappa shape index (κ1) is 13.5. The van der Waals surface area contributed by atoms with E-state index in [0.717, 1.165) is 22.9 Å². The summed E-state index contributed by atoms with van der Waals surface area (Å²) in [6.45, 7) is 2.03. The zero-order chi connectivity index (χ0) is 14.7. The number of aromatic nitrogens is 1. The average Bonchev–Trinajstić information content (AvgIpc) is 2.53. The van der Waals surface area contributed by atoms with Crippen molar-refractivity contribution in [3.8, 4) is 0 Å². The Bertz CT molecular complexity index is 778. The number of hydrogen-bond acceptors (Lipinski definition) is 2. The number of para-hydroxylation sites is 1. The summed E-state index contributed by atoms with van der Waals surface area (Å²) in [4.78, 5) is 16.9. The molecular formula is C19H17NO. The van der Waals surface area contributed by atoms with Crippen LogP contribution in [0.2, 0.25) is 0 Å². The third-order valence-electron chi connectivity index (χ3n) is 3.69. The van der Waals surface area contributed by atoms with Crippen LogP contribution in [-0.4, -0.2) is 10.8 Å². The minimum atomic E-state index is 0.104. The summed E-state index contributed by atoms with van der Waals surface area (Å²) in [5.41, 5.74) is 3.75. The van der Waals surface area contributed by atoms with E-state index in [1.165, 1.54) is 5.56 Å². The number of pyridine rings is 1. The number of nitrogens with zero attached hydrogens (tertiary/aromatic N) is 1. The molecule has 0 saturated carbocycles. The normalized spacial score (nSPS) is 10.7. The van der Waals surface area contributed by atoms with Crippen molar-refractivity contribution in [1.82, 2.24) is 4.98 Å². The number of Topliss-reactive ketones (excluding diaryl/α,β-unsaturated/α-hetero) is 1. The second-order valence-corrected chi connectivity index (χ2v) is 5.25. The fourth-order valence-electron chi connectivity index (χ4n) is 2.52. The number of carbonyl (C=O) groups is 1. The predicted octanol–water partition coefficient (Wildman–Crippen LogP) is 4.36. The maximum atomic E-state index is 12.4. The van der Waals surface area contributed by atoms with Crippen molar-refractivity contribution in [3.63, 3.8) is 0 Å². The van der Waals surface area contributed by atoms with Crippen LogP contribution in [0.25, 0.3) is 10.9 Å². The summed E-state index contributed by atoms with van der Waals surface area (Å²) in [7, 11) is 0. The first-order valence-corrected chi connectivity index (χ1v) is 7.17. The highest BCUT2D eigenvalue weighted by atomic mass is 16.1. The molecule has 3 aromatic rings. The molecule has 0 unspecified atom stereocenters. The monoisotopic (exact) mass is 275 g/mol. The van der Waals surface area contributed by atoms with Gasteiger partial charge in [0.15, 0.2) is 5.78 Å². The Hall–Kier alpha value is -2.48. The van der Waals surface area contributed by atoms with Crippen LogP contribution >= 0.6 is 0 Å². The van der Waals surface area contributed by atoms with Crippen LogP contribution in [-0.2, 0) is 6.42 Å². The number of benzene rings is 2. The molecule has 0 radical (unpaired) electrons. The summed E-state index contributed by atoms with van der Waals surface area (Å²) in [6.07, 6.45) is 1.25. The van der Waals surface area contributed by atoms with E-state index in [0.29, 0.717) is 12.1 Å². The third kappa shape index (κ3) is 3.00. The van der Waals surface area contributed by atoms with Gasteiger partial charge < -0.3 is 0 Å². The lowest BCUT2D eigenvalue weighted by atomic mass is 10.0. The molecule has 0 aliphatic heterocycles. The number of hydrogen-bond donors (Lipinski definition) is 0. The molecule has 21 heavy (non-hydrogen) atoms. The van der Waals surface area contributed by atoms with Crippen molar-refractivity contribution >= 4 is 16.7 Å². The molecule has 104 valence electrons. The molecule has 1 aromatic heterocycles. The van der Waals surface area contributed by atoms with E-state index < -0.39 is 0 Å². The predicted molar refractivity (Wildman–Crippen MR) is 85.6 cm³/mol. The molecule has 2 nitrogen and oxygen atoms in total.